The summed E-state index contributed by atoms with van der Waals surface area (Å²) in [6.45, 7) is 0.141. The van der Waals surface area contributed by atoms with Crippen molar-refractivity contribution in [3.63, 3.8) is 0 Å². The molecule has 2 rings (SSSR count). The maximum absolute atomic E-state index is 11.9. The molecule has 112 valence electrons. The van der Waals surface area contributed by atoms with Crippen LogP contribution < -0.4 is 4.72 Å². The first-order valence-corrected chi connectivity index (χ1v) is 8.28. The van der Waals surface area contributed by atoms with Gasteiger partial charge in [-0.2, -0.15) is 0 Å². The summed E-state index contributed by atoms with van der Waals surface area (Å²) in [6, 6.07) is 13.3. The highest BCUT2D eigenvalue weighted by molar-refractivity contribution is 7.88. The van der Waals surface area contributed by atoms with Crippen LogP contribution in [0.4, 0.5) is 0 Å². The van der Waals surface area contributed by atoms with Crippen LogP contribution in [0.15, 0.2) is 42.5 Å². The molecule has 0 aromatic heterocycles. The lowest BCUT2D eigenvalue weighted by Crippen LogP contribution is -2.26. The number of benzene rings is 2. The molecule has 0 aliphatic carbocycles. The maximum atomic E-state index is 11.9. The number of aliphatic carboxylic acids is 1. The summed E-state index contributed by atoms with van der Waals surface area (Å²) in [6.07, 6.45) is 0.241. The Kier molecular flexibility index (Phi) is 4.93. The summed E-state index contributed by atoms with van der Waals surface area (Å²) in [5.41, 5.74) is 0.708. The van der Waals surface area contributed by atoms with Crippen LogP contribution in [0.5, 0.6) is 0 Å². The summed E-state index contributed by atoms with van der Waals surface area (Å²) in [5, 5.41) is 10.6. The Balaban J connectivity index is 1.99. The molecule has 0 atom stereocenters. The zero-order chi connectivity index (χ0) is 15.3. The van der Waals surface area contributed by atoms with Crippen molar-refractivity contribution in [2.75, 3.05) is 6.54 Å². The molecule has 6 heteroatoms. The number of fused-ring (bicyclic) bond motifs is 1. The smallest absolute Gasteiger partial charge is 0.303 e. The minimum atomic E-state index is -3.44. The fourth-order valence-electron chi connectivity index (χ4n) is 2.07. The summed E-state index contributed by atoms with van der Waals surface area (Å²) < 4.78 is 26.3. The van der Waals surface area contributed by atoms with Gasteiger partial charge in [0.2, 0.25) is 10.0 Å². The van der Waals surface area contributed by atoms with Gasteiger partial charge in [0.05, 0.1) is 5.75 Å². The van der Waals surface area contributed by atoms with E-state index in [1.54, 1.807) is 6.07 Å². The topological polar surface area (TPSA) is 83.5 Å². The normalized spacial score (nSPS) is 11.6. The summed E-state index contributed by atoms with van der Waals surface area (Å²) in [4.78, 5) is 10.4. The van der Waals surface area contributed by atoms with Crippen molar-refractivity contribution in [2.24, 2.45) is 0 Å². The van der Waals surface area contributed by atoms with E-state index < -0.39 is 16.0 Å². The lowest BCUT2D eigenvalue weighted by molar-refractivity contribution is -0.137. The molecule has 2 N–H and O–H groups in total. The number of carboxylic acid groups (broad SMARTS) is 1. The Labute approximate surface area is 123 Å². The van der Waals surface area contributed by atoms with E-state index in [1.807, 2.05) is 36.4 Å². The van der Waals surface area contributed by atoms with Crippen LogP contribution in [0.1, 0.15) is 18.4 Å². The van der Waals surface area contributed by atoms with Gasteiger partial charge in [0.25, 0.3) is 0 Å². The highest BCUT2D eigenvalue weighted by atomic mass is 32.2. The number of nitrogens with one attached hydrogen (secondary N) is 1. The first-order valence-electron chi connectivity index (χ1n) is 6.63. The third-order valence-corrected chi connectivity index (χ3v) is 4.42. The van der Waals surface area contributed by atoms with Crippen LogP contribution in [-0.4, -0.2) is 26.0 Å². The minimum Gasteiger partial charge on any atom is -0.481 e. The summed E-state index contributed by atoms with van der Waals surface area (Å²) >= 11 is 0. The number of hydrogen-bond acceptors (Lipinski definition) is 3. The van der Waals surface area contributed by atoms with Crippen LogP contribution in [0.3, 0.4) is 0 Å². The molecule has 2 aromatic carbocycles. The van der Waals surface area contributed by atoms with Crippen molar-refractivity contribution in [1.29, 1.82) is 0 Å². The van der Waals surface area contributed by atoms with Crippen LogP contribution in [0.2, 0.25) is 0 Å². The van der Waals surface area contributed by atoms with Crippen LogP contribution in [0.25, 0.3) is 10.8 Å². The van der Waals surface area contributed by atoms with Crippen molar-refractivity contribution < 1.29 is 18.3 Å². The molecule has 0 saturated heterocycles. The molecule has 0 fully saturated rings. The number of hydrogen-bond donors (Lipinski definition) is 2. The van der Waals surface area contributed by atoms with E-state index in [2.05, 4.69) is 4.72 Å². The molecule has 0 bridgehead atoms. The summed E-state index contributed by atoms with van der Waals surface area (Å²) in [5.74, 6) is -1.03. The average molecular weight is 307 g/mol. The second-order valence-corrected chi connectivity index (χ2v) is 6.64. The average Bonchev–Trinajstić information content (AvgIpc) is 2.43. The fourth-order valence-corrected chi connectivity index (χ4v) is 3.24. The van der Waals surface area contributed by atoms with Crippen molar-refractivity contribution in [2.45, 2.75) is 18.6 Å². The molecule has 2 aromatic rings. The maximum Gasteiger partial charge on any atom is 0.303 e. The number of rotatable bonds is 7. The fraction of sp³-hybridized carbons (Fsp3) is 0.267. The highest BCUT2D eigenvalue weighted by Gasteiger charge is 2.11. The Hall–Kier alpha value is -1.92. The first-order chi connectivity index (χ1) is 9.96. The van der Waals surface area contributed by atoms with E-state index in [9.17, 15) is 13.2 Å². The molecule has 0 spiro atoms. The Morgan fingerprint density at radius 3 is 2.52 bits per heavy atom. The van der Waals surface area contributed by atoms with Gasteiger partial charge >= 0.3 is 5.97 Å². The monoisotopic (exact) mass is 307 g/mol. The van der Waals surface area contributed by atoms with Crippen molar-refractivity contribution in [3.8, 4) is 0 Å². The number of carbonyl (C=O) groups is 1. The van der Waals surface area contributed by atoms with Crippen LogP contribution in [-0.2, 0) is 20.6 Å². The van der Waals surface area contributed by atoms with Crippen molar-refractivity contribution in [1.82, 2.24) is 4.72 Å². The molecule has 0 radical (unpaired) electrons. The van der Waals surface area contributed by atoms with Gasteiger partial charge in [-0.15, -0.1) is 0 Å². The number of sulfonamides is 1. The third kappa shape index (κ3) is 4.84. The molecule has 0 saturated carbocycles. The van der Waals surface area contributed by atoms with Gasteiger partial charge in [-0.3, -0.25) is 4.79 Å². The molecule has 21 heavy (non-hydrogen) atoms. The SMILES string of the molecule is O=C(O)CCCNS(=O)(=O)Cc1ccc2ccccc2c1. The second-order valence-electron chi connectivity index (χ2n) is 4.83. The molecule has 0 aliphatic rings. The van der Waals surface area contributed by atoms with E-state index in [0.717, 1.165) is 10.8 Å². The van der Waals surface area contributed by atoms with Gasteiger partial charge in [-0.05, 0) is 22.8 Å². The minimum absolute atomic E-state index is 0.0432. The highest BCUT2D eigenvalue weighted by Crippen LogP contribution is 2.17. The molecule has 0 unspecified atom stereocenters. The zero-order valence-corrected chi connectivity index (χ0v) is 12.3. The quantitative estimate of drug-likeness (QED) is 0.768. The zero-order valence-electron chi connectivity index (χ0n) is 11.5. The lowest BCUT2D eigenvalue weighted by atomic mass is 10.1. The molecular weight excluding hydrogens is 290 g/mol. The first kappa shape index (κ1) is 15.5. The second kappa shape index (κ2) is 6.69. The molecule has 0 heterocycles. The summed E-state index contributed by atoms with van der Waals surface area (Å²) in [7, 11) is -3.44. The van der Waals surface area contributed by atoms with Crippen molar-refractivity contribution >= 4 is 26.8 Å². The van der Waals surface area contributed by atoms with Gasteiger partial charge in [-0.1, -0.05) is 42.5 Å². The molecule has 0 aliphatic heterocycles. The van der Waals surface area contributed by atoms with E-state index in [-0.39, 0.29) is 25.1 Å². The molecule has 5 nitrogen and oxygen atoms in total. The Morgan fingerprint density at radius 1 is 1.10 bits per heavy atom. The van der Waals surface area contributed by atoms with Crippen LogP contribution >= 0.6 is 0 Å². The van der Waals surface area contributed by atoms with E-state index >= 15 is 0 Å². The molecule has 0 amide bonds. The van der Waals surface area contributed by atoms with E-state index in [0.29, 0.717) is 5.56 Å². The van der Waals surface area contributed by atoms with Gasteiger partial charge < -0.3 is 5.11 Å². The van der Waals surface area contributed by atoms with Gasteiger partial charge in [0.1, 0.15) is 0 Å². The van der Waals surface area contributed by atoms with Crippen LogP contribution in [0, 0.1) is 0 Å². The lowest BCUT2D eigenvalue weighted by Gasteiger charge is -2.07. The van der Waals surface area contributed by atoms with Gasteiger partial charge in [0.15, 0.2) is 0 Å². The predicted molar refractivity (Wildman–Crippen MR) is 81.4 cm³/mol. The van der Waals surface area contributed by atoms with E-state index in [4.69, 9.17) is 5.11 Å². The Morgan fingerprint density at radius 2 is 1.81 bits per heavy atom. The standard InChI is InChI=1S/C15H17NO4S/c17-15(18)6-3-9-16-21(19,20)11-12-7-8-13-4-1-2-5-14(13)10-12/h1-2,4-5,7-8,10,16H,3,6,9,11H2,(H,17,18). The largest absolute Gasteiger partial charge is 0.481 e. The number of carboxylic acids is 1. The van der Waals surface area contributed by atoms with Gasteiger partial charge in [-0.25, -0.2) is 13.1 Å². The van der Waals surface area contributed by atoms with Crippen molar-refractivity contribution in [3.05, 3.63) is 48.0 Å². The Bertz CT molecular complexity index is 740. The predicted octanol–water partition coefficient (Wildman–Crippen LogP) is 2.12. The molecular formula is C15H17NO4S. The van der Waals surface area contributed by atoms with E-state index in [1.165, 1.54) is 0 Å². The van der Waals surface area contributed by atoms with Gasteiger partial charge in [0, 0.05) is 13.0 Å². The third-order valence-electron chi connectivity index (χ3n) is 3.06.